The van der Waals surface area contributed by atoms with E-state index in [4.69, 9.17) is 21.7 Å². The largest absolute Gasteiger partial charge is 0.297 e. The highest BCUT2D eigenvalue weighted by Gasteiger charge is 2.29. The van der Waals surface area contributed by atoms with E-state index in [1.165, 1.54) is 5.56 Å². The molecule has 6 nitrogen and oxygen atoms in total. The van der Waals surface area contributed by atoms with Gasteiger partial charge in [-0.1, -0.05) is 48.5 Å². The van der Waals surface area contributed by atoms with Gasteiger partial charge in [0, 0.05) is 23.2 Å². The van der Waals surface area contributed by atoms with Crippen molar-refractivity contribution in [3.63, 3.8) is 0 Å². The van der Waals surface area contributed by atoms with Gasteiger partial charge in [0.05, 0.1) is 23.6 Å². The van der Waals surface area contributed by atoms with Crippen molar-refractivity contribution in [1.29, 1.82) is 0 Å². The van der Waals surface area contributed by atoms with Crippen LogP contribution in [0.25, 0.3) is 5.70 Å². The summed E-state index contributed by atoms with van der Waals surface area (Å²) in [7, 11) is 0. The highest BCUT2D eigenvalue weighted by Crippen LogP contribution is 2.43. The average molecular weight is 501 g/mol. The number of thiophene rings is 1. The summed E-state index contributed by atoms with van der Waals surface area (Å²) in [6, 6.07) is 16.0. The van der Waals surface area contributed by atoms with Crippen LogP contribution in [-0.4, -0.2) is 42.3 Å². The zero-order chi connectivity index (χ0) is 24.4. The highest BCUT2D eigenvalue weighted by molar-refractivity contribution is 7.14. The number of hydrogen-bond donors (Lipinski definition) is 0. The number of aliphatic imine (C=N–C) groups is 3. The molecule has 0 unspecified atom stereocenters. The summed E-state index contributed by atoms with van der Waals surface area (Å²) < 4.78 is 0. The van der Waals surface area contributed by atoms with Gasteiger partial charge < -0.3 is 0 Å². The molecule has 3 heterocycles. The van der Waals surface area contributed by atoms with E-state index in [0.29, 0.717) is 24.7 Å². The third-order valence-corrected chi connectivity index (χ3v) is 7.11. The Morgan fingerprint density at radius 2 is 1.94 bits per heavy atom. The first-order valence-corrected chi connectivity index (χ1v) is 12.6. The second-order valence-electron chi connectivity index (χ2n) is 8.39. The van der Waals surface area contributed by atoms with E-state index >= 15 is 0 Å². The van der Waals surface area contributed by atoms with Crippen molar-refractivity contribution >= 4 is 63.4 Å². The number of rotatable bonds is 4. The van der Waals surface area contributed by atoms with Crippen LogP contribution in [0, 0.1) is 13.8 Å². The van der Waals surface area contributed by atoms with Crippen LogP contribution in [0.4, 0.5) is 10.7 Å². The van der Waals surface area contributed by atoms with E-state index in [2.05, 4.69) is 52.8 Å². The predicted octanol–water partition coefficient (Wildman–Crippen LogP) is 6.71. The maximum Gasteiger partial charge on any atom is 0.136 e. The third kappa shape index (κ3) is 4.83. The van der Waals surface area contributed by atoms with Crippen molar-refractivity contribution in [2.45, 2.75) is 20.3 Å². The lowest BCUT2D eigenvalue weighted by Crippen LogP contribution is -2.40. The number of nitrogens with zero attached hydrogens (tertiary/aromatic N) is 6. The molecule has 0 saturated carbocycles. The van der Waals surface area contributed by atoms with E-state index in [1.54, 1.807) is 17.7 Å². The highest BCUT2D eigenvalue weighted by atomic mass is 35.5. The number of para-hydroxylation sites is 1. The van der Waals surface area contributed by atoms with Gasteiger partial charge in [-0.15, -0.1) is 11.3 Å². The van der Waals surface area contributed by atoms with Crippen LogP contribution in [-0.2, 0) is 0 Å². The molecule has 176 valence electrons. The van der Waals surface area contributed by atoms with Crippen LogP contribution < -0.4 is 4.90 Å². The molecule has 5 rings (SSSR count). The minimum Gasteiger partial charge on any atom is -0.297 e. The molecule has 0 spiro atoms. The SMILES string of the molecule is C=C1c2c(C)csc2N=C(CN2CN=CN=CCC(c3cccc(Cl)c3)=N2)N1c1ccccc1C. The second-order valence-corrected chi connectivity index (χ2v) is 9.69. The standard InChI is InChI=1S/C27H25ClN6S/c1-18-7-4-5-10-24(18)34-20(3)26-19(2)15-35-27(26)31-25(34)14-33-17-30-16-29-12-11-23(32-33)21-8-6-9-22(28)13-21/h4-10,12-13,15-16H,3,11,14,17H2,1-2H3. The molecule has 0 fully saturated rings. The summed E-state index contributed by atoms with van der Waals surface area (Å²) in [4.78, 5) is 16.0. The Hall–Kier alpha value is -3.55. The molecular weight excluding hydrogens is 476 g/mol. The Kier molecular flexibility index (Phi) is 6.61. The normalized spacial score (nSPS) is 15.8. The van der Waals surface area contributed by atoms with Crippen molar-refractivity contribution in [2.24, 2.45) is 20.1 Å². The first-order chi connectivity index (χ1) is 17.0. The second kappa shape index (κ2) is 9.98. The van der Waals surface area contributed by atoms with Crippen LogP contribution in [0.15, 0.2) is 80.6 Å². The topological polar surface area (TPSA) is 55.9 Å². The maximum absolute atomic E-state index is 6.27. The molecule has 35 heavy (non-hydrogen) atoms. The van der Waals surface area contributed by atoms with Gasteiger partial charge in [0.25, 0.3) is 0 Å². The first-order valence-electron chi connectivity index (χ1n) is 11.3. The monoisotopic (exact) mass is 500 g/mol. The fraction of sp³-hybridized carbons (Fsp3) is 0.185. The van der Waals surface area contributed by atoms with E-state index < -0.39 is 0 Å². The lowest BCUT2D eigenvalue weighted by Gasteiger charge is -2.34. The van der Waals surface area contributed by atoms with Gasteiger partial charge in [-0.2, -0.15) is 5.10 Å². The number of aryl methyl sites for hydroxylation is 2. The van der Waals surface area contributed by atoms with Crippen LogP contribution in [0.5, 0.6) is 0 Å². The minimum atomic E-state index is 0.352. The smallest absolute Gasteiger partial charge is 0.136 e. The van der Waals surface area contributed by atoms with Crippen molar-refractivity contribution in [1.82, 2.24) is 5.01 Å². The van der Waals surface area contributed by atoms with Crippen LogP contribution >= 0.6 is 22.9 Å². The lowest BCUT2D eigenvalue weighted by atomic mass is 10.1. The Morgan fingerprint density at radius 3 is 2.77 bits per heavy atom. The molecule has 8 heteroatoms. The van der Waals surface area contributed by atoms with Gasteiger partial charge in [-0.05, 0) is 54.1 Å². The number of fused-ring (bicyclic) bond motifs is 1. The average Bonchev–Trinajstić information content (AvgIpc) is 3.26. The summed E-state index contributed by atoms with van der Waals surface area (Å²) >= 11 is 7.91. The molecule has 2 aliphatic rings. The minimum absolute atomic E-state index is 0.352. The molecule has 0 aliphatic carbocycles. The van der Waals surface area contributed by atoms with Gasteiger partial charge in [-0.25, -0.2) is 9.98 Å². The molecule has 0 radical (unpaired) electrons. The number of hydrogen-bond acceptors (Lipinski definition) is 7. The van der Waals surface area contributed by atoms with Crippen molar-refractivity contribution < 1.29 is 0 Å². The molecule has 3 aromatic rings. The third-order valence-electron chi connectivity index (χ3n) is 5.89. The summed E-state index contributed by atoms with van der Waals surface area (Å²) in [5, 5.41) is 10.7. The number of halogens is 1. The fourth-order valence-electron chi connectivity index (χ4n) is 4.20. The molecule has 0 N–H and O–H groups in total. The molecule has 0 amide bonds. The van der Waals surface area contributed by atoms with E-state index in [0.717, 1.165) is 44.6 Å². The van der Waals surface area contributed by atoms with Gasteiger partial charge >= 0.3 is 0 Å². The molecule has 0 bridgehead atoms. The fourth-order valence-corrected chi connectivity index (χ4v) is 5.35. The number of hydrazone groups is 1. The summed E-state index contributed by atoms with van der Waals surface area (Å²) in [6.45, 7) is 9.50. The van der Waals surface area contributed by atoms with Crippen molar-refractivity contribution in [2.75, 3.05) is 18.1 Å². The van der Waals surface area contributed by atoms with Crippen molar-refractivity contribution in [3.8, 4) is 0 Å². The van der Waals surface area contributed by atoms with E-state index in [9.17, 15) is 0 Å². The summed E-state index contributed by atoms with van der Waals surface area (Å²) in [5.74, 6) is 0.850. The molecule has 2 aliphatic heterocycles. The summed E-state index contributed by atoms with van der Waals surface area (Å²) in [5.41, 5.74) is 7.24. The summed E-state index contributed by atoms with van der Waals surface area (Å²) in [6.07, 6.45) is 3.95. The lowest BCUT2D eigenvalue weighted by molar-refractivity contribution is 0.340. The first kappa shape index (κ1) is 23.2. The quantitative estimate of drug-likeness (QED) is 0.400. The van der Waals surface area contributed by atoms with Gasteiger partial charge in [0.15, 0.2) is 0 Å². The molecular formula is C27H25ClN6S. The van der Waals surface area contributed by atoms with Crippen LogP contribution in [0.3, 0.4) is 0 Å². The molecule has 2 aromatic carbocycles. The maximum atomic E-state index is 6.27. The van der Waals surface area contributed by atoms with Gasteiger partial charge in [0.1, 0.15) is 23.8 Å². The van der Waals surface area contributed by atoms with Gasteiger partial charge in [0.2, 0.25) is 0 Å². The van der Waals surface area contributed by atoms with Crippen molar-refractivity contribution in [3.05, 3.63) is 87.8 Å². The Bertz CT molecular complexity index is 1400. The van der Waals surface area contributed by atoms with E-state index in [1.807, 2.05) is 47.6 Å². The van der Waals surface area contributed by atoms with Gasteiger partial charge in [-0.3, -0.25) is 14.9 Å². The number of anilines is 1. The van der Waals surface area contributed by atoms with E-state index in [-0.39, 0.29) is 0 Å². The Balaban J connectivity index is 1.57. The van der Waals surface area contributed by atoms with Crippen LogP contribution in [0.1, 0.15) is 28.7 Å². The predicted molar refractivity (Wildman–Crippen MR) is 150 cm³/mol. The Morgan fingerprint density at radius 1 is 1.09 bits per heavy atom. The number of amidine groups is 1. The number of benzene rings is 2. The molecule has 0 atom stereocenters. The zero-order valence-electron chi connectivity index (χ0n) is 19.6. The van der Waals surface area contributed by atoms with Crippen LogP contribution in [0.2, 0.25) is 5.02 Å². The zero-order valence-corrected chi connectivity index (χ0v) is 21.2. The molecule has 0 saturated heterocycles. The Labute approximate surface area is 214 Å². The molecule has 1 aromatic heterocycles.